The molecule has 1 aromatic carbocycles. The molecule has 2 N–H and O–H groups in total. The first-order chi connectivity index (χ1) is 12.6. The van der Waals surface area contributed by atoms with Gasteiger partial charge in [-0.15, -0.1) is 0 Å². The van der Waals surface area contributed by atoms with Crippen LogP contribution in [0.15, 0.2) is 24.3 Å². The third kappa shape index (κ3) is 4.95. The fourth-order valence-electron chi connectivity index (χ4n) is 2.93. The highest BCUT2D eigenvalue weighted by Crippen LogP contribution is 2.24. The number of para-hydroxylation sites is 1. The Kier molecular flexibility index (Phi) is 6.46. The molecular weight excluding hydrogens is 354 g/mol. The zero-order chi connectivity index (χ0) is 18.4. The van der Waals surface area contributed by atoms with E-state index in [0.29, 0.717) is 42.1 Å². The van der Waals surface area contributed by atoms with Crippen LogP contribution >= 0.6 is 11.6 Å². The third-order valence-electron chi connectivity index (χ3n) is 4.38. The minimum absolute atomic E-state index is 0.0971. The van der Waals surface area contributed by atoms with E-state index in [0.717, 1.165) is 31.8 Å². The Bertz CT molecular complexity index is 743. The number of carbonyl (C=O) groups is 1. The highest BCUT2D eigenvalue weighted by molar-refractivity contribution is 6.32. The van der Waals surface area contributed by atoms with Crippen molar-refractivity contribution in [3.05, 3.63) is 35.1 Å². The van der Waals surface area contributed by atoms with E-state index < -0.39 is 0 Å². The van der Waals surface area contributed by atoms with E-state index in [1.54, 1.807) is 17.8 Å². The molecule has 1 saturated heterocycles. The van der Waals surface area contributed by atoms with Crippen LogP contribution in [-0.4, -0.2) is 40.4 Å². The van der Waals surface area contributed by atoms with Gasteiger partial charge < -0.3 is 10.1 Å². The zero-order valence-electron chi connectivity index (χ0n) is 14.9. The number of halogens is 1. The van der Waals surface area contributed by atoms with Gasteiger partial charge in [0.25, 0.3) is 0 Å². The molecular formula is C18H24ClN5O2. The molecule has 8 heteroatoms. The number of piperidine rings is 1. The molecule has 1 aliphatic heterocycles. The highest BCUT2D eigenvalue weighted by atomic mass is 35.5. The molecule has 0 radical (unpaired) electrons. The fourth-order valence-corrected chi connectivity index (χ4v) is 3.12. The average molecular weight is 378 g/mol. The van der Waals surface area contributed by atoms with E-state index in [2.05, 4.69) is 20.7 Å². The van der Waals surface area contributed by atoms with Crippen molar-refractivity contribution in [1.82, 2.24) is 20.1 Å². The second-order valence-electron chi connectivity index (χ2n) is 6.37. The van der Waals surface area contributed by atoms with Crippen molar-refractivity contribution >= 4 is 23.5 Å². The lowest BCUT2D eigenvalue weighted by molar-refractivity contribution is -0.116. The van der Waals surface area contributed by atoms with E-state index in [1.807, 2.05) is 18.2 Å². The molecule has 2 heterocycles. The maximum Gasteiger partial charge on any atom is 0.227 e. The third-order valence-corrected chi connectivity index (χ3v) is 4.69. The van der Waals surface area contributed by atoms with Gasteiger partial charge in [-0.25, -0.2) is 4.68 Å². The van der Waals surface area contributed by atoms with Crippen molar-refractivity contribution < 1.29 is 9.53 Å². The number of hydrogen-bond donors (Lipinski definition) is 2. The molecule has 0 bridgehead atoms. The summed E-state index contributed by atoms with van der Waals surface area (Å²) in [7, 11) is 1.80. The summed E-state index contributed by atoms with van der Waals surface area (Å²) in [4.78, 5) is 16.6. The Morgan fingerprint density at radius 2 is 2.15 bits per heavy atom. The summed E-state index contributed by atoms with van der Waals surface area (Å²) in [5.41, 5.74) is 0. The first-order valence-electron chi connectivity index (χ1n) is 8.92. The average Bonchev–Trinajstić information content (AvgIpc) is 3.01. The Hall–Kier alpha value is -2.12. The number of aromatic nitrogens is 3. The lowest BCUT2D eigenvalue weighted by atomic mass is 9.98. The highest BCUT2D eigenvalue weighted by Gasteiger charge is 2.21. The van der Waals surface area contributed by atoms with Gasteiger partial charge in [0.15, 0.2) is 5.82 Å². The lowest BCUT2D eigenvalue weighted by Gasteiger charge is -2.19. The van der Waals surface area contributed by atoms with Crippen molar-refractivity contribution in [3.63, 3.8) is 0 Å². The SMILES string of the molecule is Cn1nc(C2CCNCC2)nc1NC(=O)CCCOc1ccccc1Cl. The summed E-state index contributed by atoms with van der Waals surface area (Å²) in [6.07, 6.45) is 2.99. The summed E-state index contributed by atoms with van der Waals surface area (Å²) >= 11 is 6.03. The van der Waals surface area contributed by atoms with Crippen LogP contribution in [0.4, 0.5) is 5.95 Å². The van der Waals surface area contributed by atoms with Crippen molar-refractivity contribution in [2.45, 2.75) is 31.6 Å². The number of rotatable bonds is 7. The standard InChI is InChI=1S/C18H24ClN5O2/c1-24-18(22-17(23-24)13-8-10-20-11-9-13)21-16(25)7-4-12-26-15-6-3-2-5-14(15)19/h2-3,5-6,13,20H,4,7-12H2,1H3,(H,21,22,23,25). The number of benzene rings is 1. The molecule has 140 valence electrons. The van der Waals surface area contributed by atoms with E-state index >= 15 is 0 Å². The van der Waals surface area contributed by atoms with E-state index in [1.165, 1.54) is 0 Å². The predicted octanol–water partition coefficient (Wildman–Crippen LogP) is 2.73. The summed E-state index contributed by atoms with van der Waals surface area (Å²) < 4.78 is 7.23. The fraction of sp³-hybridized carbons (Fsp3) is 0.500. The monoisotopic (exact) mass is 377 g/mol. The van der Waals surface area contributed by atoms with Gasteiger partial charge in [-0.05, 0) is 44.5 Å². The van der Waals surface area contributed by atoms with Gasteiger partial charge >= 0.3 is 0 Å². The van der Waals surface area contributed by atoms with Crippen LogP contribution in [0.3, 0.4) is 0 Å². The van der Waals surface area contributed by atoms with Gasteiger partial charge in [-0.2, -0.15) is 10.1 Å². The summed E-state index contributed by atoms with van der Waals surface area (Å²) in [5, 5.41) is 11.2. The molecule has 0 aliphatic carbocycles. The van der Waals surface area contributed by atoms with Crippen LogP contribution in [0.1, 0.15) is 37.4 Å². The number of amides is 1. The first kappa shape index (κ1) is 18.7. The Morgan fingerprint density at radius 3 is 2.92 bits per heavy atom. The minimum atomic E-state index is -0.0971. The molecule has 0 atom stereocenters. The molecule has 1 amide bonds. The minimum Gasteiger partial charge on any atom is -0.492 e. The molecule has 2 aromatic rings. The zero-order valence-corrected chi connectivity index (χ0v) is 15.6. The van der Waals surface area contributed by atoms with Crippen LogP contribution in [0.5, 0.6) is 5.75 Å². The predicted molar refractivity (Wildman–Crippen MR) is 101 cm³/mol. The van der Waals surface area contributed by atoms with E-state index in [9.17, 15) is 4.79 Å². The molecule has 0 spiro atoms. The van der Waals surface area contributed by atoms with Crippen LogP contribution in [0.25, 0.3) is 0 Å². The summed E-state index contributed by atoms with van der Waals surface area (Å²) in [5.74, 6) is 2.20. The topological polar surface area (TPSA) is 81.1 Å². The van der Waals surface area contributed by atoms with Crippen LogP contribution in [0, 0.1) is 0 Å². The summed E-state index contributed by atoms with van der Waals surface area (Å²) in [6.45, 7) is 2.39. The van der Waals surface area contributed by atoms with Gasteiger partial charge in [0.05, 0.1) is 11.6 Å². The Morgan fingerprint density at radius 1 is 1.38 bits per heavy atom. The number of carbonyl (C=O) groups excluding carboxylic acids is 1. The second-order valence-corrected chi connectivity index (χ2v) is 6.78. The number of aryl methyl sites for hydroxylation is 1. The van der Waals surface area contributed by atoms with E-state index in [-0.39, 0.29) is 5.91 Å². The Labute approximate surface area is 158 Å². The van der Waals surface area contributed by atoms with Gasteiger partial charge in [-0.1, -0.05) is 23.7 Å². The molecule has 1 aromatic heterocycles. The normalized spacial score (nSPS) is 15.0. The molecule has 7 nitrogen and oxygen atoms in total. The largest absolute Gasteiger partial charge is 0.492 e. The molecule has 1 fully saturated rings. The molecule has 0 unspecified atom stereocenters. The number of ether oxygens (including phenoxy) is 1. The lowest BCUT2D eigenvalue weighted by Crippen LogP contribution is -2.27. The van der Waals surface area contributed by atoms with Crippen molar-refractivity contribution in [2.24, 2.45) is 7.05 Å². The van der Waals surface area contributed by atoms with Gasteiger partial charge in [0.2, 0.25) is 11.9 Å². The maximum absolute atomic E-state index is 12.1. The second kappa shape index (κ2) is 9.00. The van der Waals surface area contributed by atoms with Crippen LogP contribution in [-0.2, 0) is 11.8 Å². The van der Waals surface area contributed by atoms with Crippen LogP contribution in [0.2, 0.25) is 5.02 Å². The quantitative estimate of drug-likeness (QED) is 0.725. The maximum atomic E-state index is 12.1. The smallest absolute Gasteiger partial charge is 0.227 e. The molecule has 1 aliphatic rings. The Balaban J connectivity index is 1.44. The molecule has 3 rings (SSSR count). The van der Waals surface area contributed by atoms with Crippen LogP contribution < -0.4 is 15.4 Å². The molecule has 0 saturated carbocycles. The number of nitrogens with zero attached hydrogens (tertiary/aromatic N) is 3. The van der Waals surface area contributed by atoms with Gasteiger partial charge in [0.1, 0.15) is 5.75 Å². The van der Waals surface area contributed by atoms with Gasteiger partial charge in [-0.3, -0.25) is 10.1 Å². The number of nitrogens with one attached hydrogen (secondary N) is 2. The number of anilines is 1. The van der Waals surface area contributed by atoms with Gasteiger partial charge in [0, 0.05) is 19.4 Å². The van der Waals surface area contributed by atoms with Crippen molar-refractivity contribution in [3.8, 4) is 5.75 Å². The summed E-state index contributed by atoms with van der Waals surface area (Å²) in [6, 6.07) is 7.30. The number of hydrogen-bond acceptors (Lipinski definition) is 5. The first-order valence-corrected chi connectivity index (χ1v) is 9.30. The van der Waals surface area contributed by atoms with E-state index in [4.69, 9.17) is 16.3 Å². The van der Waals surface area contributed by atoms with Crippen molar-refractivity contribution in [2.75, 3.05) is 25.0 Å². The molecule has 26 heavy (non-hydrogen) atoms. The van der Waals surface area contributed by atoms with Crippen molar-refractivity contribution in [1.29, 1.82) is 0 Å².